The van der Waals surface area contributed by atoms with Gasteiger partial charge in [0.25, 0.3) is 0 Å². The van der Waals surface area contributed by atoms with E-state index in [4.69, 9.17) is 4.74 Å². The maximum Gasteiger partial charge on any atom is 0.338 e. The monoisotopic (exact) mass is 195 g/mol. The van der Waals surface area contributed by atoms with Gasteiger partial charge in [-0.05, 0) is 32.9 Å². The predicted molar refractivity (Wildman–Crippen MR) is 56.6 cm³/mol. The van der Waals surface area contributed by atoms with Gasteiger partial charge in [0.15, 0.2) is 0 Å². The highest BCUT2D eigenvalue weighted by atomic mass is 16.6. The van der Waals surface area contributed by atoms with Crippen LogP contribution in [0, 0.1) is 0 Å². The van der Waals surface area contributed by atoms with Crippen LogP contribution in [0.5, 0.6) is 0 Å². The smallest absolute Gasteiger partial charge is 0.338 e. The van der Waals surface area contributed by atoms with Crippen LogP contribution >= 0.6 is 0 Å². The zero-order valence-electron chi connectivity index (χ0n) is 8.91. The van der Waals surface area contributed by atoms with E-state index in [0.717, 1.165) is 0 Å². The number of rotatable bonds is 1. The fourth-order valence-corrected chi connectivity index (χ4v) is 0.911. The largest absolute Gasteiger partial charge is 0.456 e. The van der Waals surface area contributed by atoms with E-state index in [1.165, 1.54) is 0 Å². The van der Waals surface area contributed by atoms with Gasteiger partial charge >= 0.3 is 5.97 Å². The molecule has 3 heteroatoms. The molecule has 3 nitrogen and oxygen atoms in total. The number of benzene rings is 1. The van der Waals surface area contributed by atoms with Crippen molar-refractivity contribution in [3.63, 3.8) is 0 Å². The first-order chi connectivity index (χ1) is 5.99. The van der Waals surface area contributed by atoms with Crippen LogP contribution in [0.25, 0.3) is 0 Å². The van der Waals surface area contributed by atoms with Gasteiger partial charge in [-0.3, -0.25) is 0 Å². The summed E-state index contributed by atoms with van der Waals surface area (Å²) < 4.78 is 5.18. The minimum absolute atomic E-state index is 0. The second-order valence-electron chi connectivity index (χ2n) is 3.87. The van der Waals surface area contributed by atoms with Crippen molar-refractivity contribution in [1.29, 1.82) is 0 Å². The molecule has 0 aliphatic carbocycles. The van der Waals surface area contributed by atoms with Crippen LogP contribution in [0.4, 0.5) is 0 Å². The van der Waals surface area contributed by atoms with Crippen LogP contribution in [-0.4, -0.2) is 11.6 Å². The van der Waals surface area contributed by atoms with Crippen molar-refractivity contribution in [3.05, 3.63) is 35.9 Å². The Hall–Kier alpha value is -1.35. The first kappa shape index (κ1) is 12.7. The summed E-state index contributed by atoms with van der Waals surface area (Å²) in [5.41, 5.74) is 0.171. The molecule has 0 bridgehead atoms. The lowest BCUT2D eigenvalue weighted by Crippen LogP contribution is -2.23. The number of esters is 1. The second kappa shape index (κ2) is 4.77. The van der Waals surface area contributed by atoms with Crippen LogP contribution in [0.1, 0.15) is 31.1 Å². The highest BCUT2D eigenvalue weighted by Crippen LogP contribution is 2.11. The zero-order chi connectivity index (χ0) is 9.90. The Morgan fingerprint density at radius 3 is 2.07 bits per heavy atom. The fraction of sp³-hybridized carbons (Fsp3) is 0.364. The van der Waals surface area contributed by atoms with Crippen LogP contribution < -0.4 is 6.15 Å². The lowest BCUT2D eigenvalue weighted by molar-refractivity contribution is 0.00696. The Morgan fingerprint density at radius 2 is 1.64 bits per heavy atom. The Kier molecular flexibility index (Phi) is 4.31. The van der Waals surface area contributed by atoms with Crippen molar-refractivity contribution in [2.24, 2.45) is 0 Å². The summed E-state index contributed by atoms with van der Waals surface area (Å²) in [5, 5.41) is 0. The Balaban J connectivity index is 0.00000169. The van der Waals surface area contributed by atoms with Crippen molar-refractivity contribution in [2.45, 2.75) is 26.4 Å². The third-order valence-corrected chi connectivity index (χ3v) is 1.41. The van der Waals surface area contributed by atoms with Gasteiger partial charge in [-0.1, -0.05) is 18.2 Å². The fourth-order valence-electron chi connectivity index (χ4n) is 0.911. The van der Waals surface area contributed by atoms with E-state index >= 15 is 0 Å². The molecule has 1 rings (SSSR count). The quantitative estimate of drug-likeness (QED) is 0.701. The third kappa shape index (κ3) is 4.05. The van der Waals surface area contributed by atoms with E-state index in [2.05, 4.69) is 0 Å². The SMILES string of the molecule is CC(C)(C)OC(=O)c1ccccc1.N. The van der Waals surface area contributed by atoms with Crippen LogP contribution in [0.3, 0.4) is 0 Å². The van der Waals surface area contributed by atoms with Gasteiger partial charge in [-0.15, -0.1) is 0 Å². The summed E-state index contributed by atoms with van der Waals surface area (Å²) in [6.07, 6.45) is 0. The van der Waals surface area contributed by atoms with Gasteiger partial charge in [0.1, 0.15) is 5.60 Å². The Morgan fingerprint density at radius 1 is 1.14 bits per heavy atom. The summed E-state index contributed by atoms with van der Waals surface area (Å²) >= 11 is 0. The molecule has 14 heavy (non-hydrogen) atoms. The molecular weight excluding hydrogens is 178 g/mol. The lowest BCUT2D eigenvalue weighted by atomic mass is 10.2. The van der Waals surface area contributed by atoms with E-state index in [1.807, 2.05) is 39.0 Å². The average molecular weight is 195 g/mol. The topological polar surface area (TPSA) is 61.3 Å². The molecular formula is C11H17NO2. The molecule has 0 spiro atoms. The number of ether oxygens (including phenoxy) is 1. The highest BCUT2D eigenvalue weighted by molar-refractivity contribution is 5.89. The summed E-state index contributed by atoms with van der Waals surface area (Å²) in [7, 11) is 0. The van der Waals surface area contributed by atoms with E-state index in [-0.39, 0.29) is 12.1 Å². The first-order valence-electron chi connectivity index (χ1n) is 4.27. The van der Waals surface area contributed by atoms with Crippen molar-refractivity contribution < 1.29 is 9.53 Å². The molecule has 0 saturated heterocycles. The molecule has 0 aromatic heterocycles. The summed E-state index contributed by atoms with van der Waals surface area (Å²) in [6, 6.07) is 8.99. The molecule has 0 aliphatic rings. The molecule has 0 heterocycles. The van der Waals surface area contributed by atoms with Crippen molar-refractivity contribution in [1.82, 2.24) is 6.15 Å². The third-order valence-electron chi connectivity index (χ3n) is 1.41. The molecule has 1 aromatic carbocycles. The zero-order valence-corrected chi connectivity index (χ0v) is 8.91. The number of carbonyl (C=O) groups is 1. The molecule has 0 atom stereocenters. The molecule has 0 unspecified atom stereocenters. The van der Waals surface area contributed by atoms with E-state index < -0.39 is 5.60 Å². The predicted octanol–water partition coefficient (Wildman–Crippen LogP) is 2.80. The standard InChI is InChI=1S/C11H14O2.H3N/c1-11(2,3)13-10(12)9-7-5-4-6-8-9;/h4-8H,1-3H3;1H3. The molecule has 78 valence electrons. The molecule has 1 aromatic rings. The number of hydrogen-bond acceptors (Lipinski definition) is 3. The molecule has 0 radical (unpaired) electrons. The van der Waals surface area contributed by atoms with Gasteiger partial charge in [0.05, 0.1) is 5.56 Å². The van der Waals surface area contributed by atoms with Gasteiger partial charge in [-0.2, -0.15) is 0 Å². The average Bonchev–Trinajstić information content (AvgIpc) is 2.03. The van der Waals surface area contributed by atoms with Gasteiger partial charge < -0.3 is 10.9 Å². The maximum absolute atomic E-state index is 11.4. The van der Waals surface area contributed by atoms with Crippen molar-refractivity contribution >= 4 is 5.97 Å². The van der Waals surface area contributed by atoms with Gasteiger partial charge in [-0.25, -0.2) is 4.79 Å². The molecule has 0 fully saturated rings. The number of carbonyl (C=O) groups excluding carboxylic acids is 1. The van der Waals surface area contributed by atoms with E-state index in [9.17, 15) is 4.79 Å². The molecule has 0 aliphatic heterocycles. The van der Waals surface area contributed by atoms with Crippen molar-refractivity contribution in [2.75, 3.05) is 0 Å². The van der Waals surface area contributed by atoms with Gasteiger partial charge in [0.2, 0.25) is 0 Å². The maximum atomic E-state index is 11.4. The van der Waals surface area contributed by atoms with Gasteiger partial charge in [0, 0.05) is 0 Å². The minimum Gasteiger partial charge on any atom is -0.456 e. The molecule has 0 saturated carbocycles. The normalized spacial score (nSPS) is 10.2. The lowest BCUT2D eigenvalue weighted by Gasteiger charge is -2.19. The number of hydrogen-bond donors (Lipinski definition) is 1. The highest BCUT2D eigenvalue weighted by Gasteiger charge is 2.16. The first-order valence-corrected chi connectivity index (χ1v) is 4.27. The molecule has 0 amide bonds. The summed E-state index contributed by atoms with van der Waals surface area (Å²) in [5.74, 6) is -0.270. The van der Waals surface area contributed by atoms with Crippen LogP contribution in [0.2, 0.25) is 0 Å². The van der Waals surface area contributed by atoms with E-state index in [1.54, 1.807) is 12.1 Å². The summed E-state index contributed by atoms with van der Waals surface area (Å²) in [6.45, 7) is 5.56. The summed E-state index contributed by atoms with van der Waals surface area (Å²) in [4.78, 5) is 11.4. The molecule has 3 N–H and O–H groups in total. The minimum atomic E-state index is -0.424. The second-order valence-corrected chi connectivity index (χ2v) is 3.87. The van der Waals surface area contributed by atoms with Crippen molar-refractivity contribution in [3.8, 4) is 0 Å². The Labute approximate surface area is 84.7 Å². The van der Waals surface area contributed by atoms with E-state index in [0.29, 0.717) is 5.56 Å². The van der Waals surface area contributed by atoms with Crippen LogP contribution in [-0.2, 0) is 4.74 Å². The Bertz CT molecular complexity index is 288. The van der Waals surface area contributed by atoms with Crippen LogP contribution in [0.15, 0.2) is 30.3 Å².